The first-order valence-corrected chi connectivity index (χ1v) is 8.87. The van der Waals surface area contributed by atoms with E-state index in [1.807, 2.05) is 0 Å². The van der Waals surface area contributed by atoms with Crippen molar-refractivity contribution < 1.29 is 28.3 Å². The molecule has 0 atom stereocenters. The molecule has 0 aliphatic carbocycles. The molecule has 1 aromatic heterocycles. The van der Waals surface area contributed by atoms with Gasteiger partial charge in [0.2, 0.25) is 6.79 Å². The minimum absolute atomic E-state index is 0.00886. The quantitative estimate of drug-likeness (QED) is 0.701. The molecule has 26 heavy (non-hydrogen) atoms. The summed E-state index contributed by atoms with van der Waals surface area (Å²) in [6.07, 6.45) is 3.42. The van der Waals surface area contributed by atoms with E-state index in [1.54, 1.807) is 24.3 Å². The fraction of sp³-hybridized carbons (Fsp3) is 0.474. The lowest BCUT2D eigenvalue weighted by atomic mass is 9.93. The molecule has 7 nitrogen and oxygen atoms in total. The van der Waals surface area contributed by atoms with Gasteiger partial charge in [0.1, 0.15) is 18.1 Å². The average molecular weight is 359 g/mol. The first-order valence-electron chi connectivity index (χ1n) is 8.87. The summed E-state index contributed by atoms with van der Waals surface area (Å²) in [7, 11) is 0. The summed E-state index contributed by atoms with van der Waals surface area (Å²) in [4.78, 5) is 12.3. The molecule has 7 heteroatoms. The third-order valence-corrected chi connectivity index (χ3v) is 4.69. The van der Waals surface area contributed by atoms with Crippen LogP contribution in [0.25, 0.3) is 0 Å². The topological polar surface area (TPSA) is 80.0 Å². The maximum Gasteiger partial charge on any atom is 0.231 e. The van der Waals surface area contributed by atoms with Crippen LogP contribution in [0.3, 0.4) is 0 Å². The van der Waals surface area contributed by atoms with Crippen LogP contribution in [0.4, 0.5) is 0 Å². The molecule has 0 saturated carbocycles. The molecule has 2 aromatic rings. The van der Waals surface area contributed by atoms with Gasteiger partial charge < -0.3 is 23.5 Å². The Labute approximate surface area is 151 Å². The minimum Gasteiger partial charge on any atom is -0.485 e. The molecule has 1 fully saturated rings. The Morgan fingerprint density at radius 1 is 1.15 bits per heavy atom. The van der Waals surface area contributed by atoms with Gasteiger partial charge in [-0.2, -0.15) is 0 Å². The fourth-order valence-electron chi connectivity index (χ4n) is 3.13. The van der Waals surface area contributed by atoms with Crippen LogP contribution in [0, 0.1) is 5.92 Å². The van der Waals surface area contributed by atoms with Crippen molar-refractivity contribution in [1.82, 2.24) is 5.16 Å². The molecule has 2 aliphatic heterocycles. The molecular weight excluding hydrogens is 338 g/mol. The van der Waals surface area contributed by atoms with Gasteiger partial charge in [-0.15, -0.1) is 0 Å². The van der Waals surface area contributed by atoms with Crippen molar-refractivity contribution in [2.45, 2.75) is 32.3 Å². The van der Waals surface area contributed by atoms with E-state index >= 15 is 0 Å². The number of hydrogen-bond donors (Lipinski definition) is 0. The number of carbonyl (C=O) groups excluding carboxylic acids is 1. The molecule has 0 amide bonds. The zero-order valence-corrected chi connectivity index (χ0v) is 14.4. The molecule has 3 heterocycles. The van der Waals surface area contributed by atoms with E-state index < -0.39 is 0 Å². The van der Waals surface area contributed by atoms with Crippen LogP contribution < -0.4 is 14.2 Å². The van der Waals surface area contributed by atoms with Crippen LogP contribution >= 0.6 is 0 Å². The van der Waals surface area contributed by atoms with Crippen molar-refractivity contribution in [2.24, 2.45) is 5.92 Å². The molecule has 138 valence electrons. The predicted octanol–water partition coefficient (Wildman–Crippen LogP) is 3.37. The number of nitrogens with zero attached hydrogens (tertiary/aromatic N) is 1. The van der Waals surface area contributed by atoms with Crippen molar-refractivity contribution >= 4 is 5.78 Å². The minimum atomic E-state index is 0.00886. The van der Waals surface area contributed by atoms with E-state index in [1.165, 1.54) is 0 Å². The summed E-state index contributed by atoms with van der Waals surface area (Å²) < 4.78 is 26.8. The summed E-state index contributed by atoms with van der Waals surface area (Å²) >= 11 is 0. The highest BCUT2D eigenvalue weighted by molar-refractivity contribution is 5.94. The lowest BCUT2D eigenvalue weighted by Gasteiger charge is -2.21. The Hall–Kier alpha value is -2.54. The van der Waals surface area contributed by atoms with Gasteiger partial charge in [0.15, 0.2) is 23.0 Å². The number of ether oxygens (including phenoxy) is 4. The Kier molecular flexibility index (Phi) is 5.06. The first kappa shape index (κ1) is 16.9. The van der Waals surface area contributed by atoms with Crippen LogP contribution in [0.1, 0.15) is 41.9 Å². The van der Waals surface area contributed by atoms with Crippen molar-refractivity contribution in [3.8, 4) is 17.2 Å². The van der Waals surface area contributed by atoms with Crippen LogP contribution in [0.5, 0.6) is 17.2 Å². The van der Waals surface area contributed by atoms with Gasteiger partial charge in [-0.3, -0.25) is 4.79 Å². The van der Waals surface area contributed by atoms with Crippen molar-refractivity contribution in [1.29, 1.82) is 0 Å². The third kappa shape index (κ3) is 3.99. The molecule has 0 radical (unpaired) electrons. The number of aromatic nitrogens is 1. The van der Waals surface area contributed by atoms with Crippen molar-refractivity contribution in [2.75, 3.05) is 20.0 Å². The van der Waals surface area contributed by atoms with E-state index in [4.69, 9.17) is 23.5 Å². The molecule has 0 bridgehead atoms. The number of ketones is 1. The second kappa shape index (κ2) is 7.78. The van der Waals surface area contributed by atoms with Crippen LogP contribution in [0.2, 0.25) is 0 Å². The number of benzene rings is 1. The fourth-order valence-corrected chi connectivity index (χ4v) is 3.13. The van der Waals surface area contributed by atoms with E-state index in [-0.39, 0.29) is 19.2 Å². The van der Waals surface area contributed by atoms with E-state index in [0.717, 1.165) is 32.5 Å². The number of carbonyl (C=O) groups is 1. The van der Waals surface area contributed by atoms with Crippen molar-refractivity contribution in [3.63, 3.8) is 0 Å². The maximum absolute atomic E-state index is 12.3. The number of hydrogen-bond acceptors (Lipinski definition) is 7. The SMILES string of the molecule is O=C(CCC1CCOCC1)c1cc(COc2ccc3c(c2)OCO3)on1. The summed E-state index contributed by atoms with van der Waals surface area (Å²) in [5.74, 6) is 3.08. The zero-order chi connectivity index (χ0) is 17.8. The lowest BCUT2D eigenvalue weighted by Crippen LogP contribution is -2.16. The Morgan fingerprint density at radius 3 is 2.88 bits per heavy atom. The molecule has 1 saturated heterocycles. The van der Waals surface area contributed by atoms with Crippen LogP contribution in [-0.2, 0) is 11.3 Å². The molecule has 0 N–H and O–H groups in total. The molecular formula is C19H21NO6. The standard InChI is InChI=1S/C19H21NO6/c21-17(3-1-13-5-7-22-8-6-13)16-9-15(26-20-16)11-23-14-2-4-18-19(10-14)25-12-24-18/h2,4,9-10,13H,1,3,5-8,11-12H2. The second-order valence-electron chi connectivity index (χ2n) is 6.50. The maximum atomic E-state index is 12.3. The average Bonchev–Trinajstić information content (AvgIpc) is 3.34. The monoisotopic (exact) mass is 359 g/mol. The highest BCUT2D eigenvalue weighted by Gasteiger charge is 2.18. The van der Waals surface area contributed by atoms with Gasteiger partial charge in [0, 0.05) is 31.8 Å². The normalized spacial score (nSPS) is 16.6. The summed E-state index contributed by atoms with van der Waals surface area (Å²) in [5.41, 5.74) is 0.362. The van der Waals surface area contributed by atoms with Gasteiger partial charge in [-0.05, 0) is 37.3 Å². The predicted molar refractivity (Wildman–Crippen MR) is 90.5 cm³/mol. The Morgan fingerprint density at radius 2 is 2.00 bits per heavy atom. The van der Waals surface area contributed by atoms with E-state index in [0.29, 0.717) is 41.0 Å². The summed E-state index contributed by atoms with van der Waals surface area (Å²) in [6.45, 7) is 2.01. The van der Waals surface area contributed by atoms with Gasteiger partial charge >= 0.3 is 0 Å². The smallest absolute Gasteiger partial charge is 0.231 e. The molecule has 0 unspecified atom stereocenters. The molecule has 4 rings (SSSR count). The zero-order valence-electron chi connectivity index (χ0n) is 14.4. The number of rotatable bonds is 7. The first-order chi connectivity index (χ1) is 12.8. The van der Waals surface area contributed by atoms with Gasteiger partial charge in [0.25, 0.3) is 0 Å². The number of fused-ring (bicyclic) bond motifs is 1. The lowest BCUT2D eigenvalue weighted by molar-refractivity contribution is 0.0618. The molecule has 0 spiro atoms. The van der Waals surface area contributed by atoms with Gasteiger partial charge in [-0.1, -0.05) is 5.16 Å². The number of Topliss-reactive ketones (excluding diaryl/α,β-unsaturated/α-hetero) is 1. The van der Waals surface area contributed by atoms with Gasteiger partial charge in [-0.25, -0.2) is 0 Å². The Balaban J connectivity index is 1.27. The summed E-state index contributed by atoms with van der Waals surface area (Å²) in [5, 5.41) is 3.88. The Bertz CT molecular complexity index is 765. The second-order valence-corrected chi connectivity index (χ2v) is 6.50. The molecule has 1 aromatic carbocycles. The van der Waals surface area contributed by atoms with Crippen LogP contribution in [-0.4, -0.2) is 30.9 Å². The summed E-state index contributed by atoms with van der Waals surface area (Å²) in [6, 6.07) is 7.01. The highest BCUT2D eigenvalue weighted by Crippen LogP contribution is 2.35. The van der Waals surface area contributed by atoms with E-state index in [9.17, 15) is 4.79 Å². The largest absolute Gasteiger partial charge is 0.485 e. The van der Waals surface area contributed by atoms with Crippen molar-refractivity contribution in [3.05, 3.63) is 35.7 Å². The van der Waals surface area contributed by atoms with E-state index in [2.05, 4.69) is 5.16 Å². The van der Waals surface area contributed by atoms with Crippen LogP contribution in [0.15, 0.2) is 28.8 Å². The third-order valence-electron chi connectivity index (χ3n) is 4.69. The van der Waals surface area contributed by atoms with Gasteiger partial charge in [0.05, 0.1) is 0 Å². The molecule has 2 aliphatic rings. The highest BCUT2D eigenvalue weighted by atomic mass is 16.7.